The second kappa shape index (κ2) is 6.87. The molecule has 4 nitrogen and oxygen atoms in total. The summed E-state index contributed by atoms with van der Waals surface area (Å²) in [6, 6.07) is 14.0. The van der Waals surface area contributed by atoms with Gasteiger partial charge in [0.05, 0.1) is 27.0 Å². The molecule has 26 heavy (non-hydrogen) atoms. The van der Waals surface area contributed by atoms with Crippen molar-refractivity contribution in [3.63, 3.8) is 0 Å². The summed E-state index contributed by atoms with van der Waals surface area (Å²) in [5.74, 6) is 2.32. The van der Waals surface area contributed by atoms with Crippen molar-refractivity contribution in [2.45, 2.75) is 19.9 Å². The molecular formula is C20H15N3OS2. The molecule has 4 rings (SSSR count). The first-order valence-electron chi connectivity index (χ1n) is 8.20. The summed E-state index contributed by atoms with van der Waals surface area (Å²) in [5, 5.41) is 0.394. The minimum absolute atomic E-state index is 0.334. The fourth-order valence-corrected chi connectivity index (χ4v) is 4.71. The number of rotatable bonds is 3. The Hall–Kier alpha value is -2.75. The van der Waals surface area contributed by atoms with Crippen molar-refractivity contribution in [1.82, 2.24) is 9.55 Å². The van der Waals surface area contributed by atoms with Crippen molar-refractivity contribution in [1.29, 1.82) is 0 Å². The van der Waals surface area contributed by atoms with Gasteiger partial charge < -0.3 is 4.57 Å². The van der Waals surface area contributed by atoms with Crippen LogP contribution in [0.1, 0.15) is 22.3 Å². The third-order valence-electron chi connectivity index (χ3n) is 4.08. The number of thiazole rings is 2. The Bertz CT molecular complexity index is 1200. The standard InChI is InChI=1S/C20H15N3OS2/c1-3-11-23-15-10-9-13(4-2)12-17(15)26-20(23)22-18(24)19-21-14-7-5-6-8-16(14)25-19/h1,5-10,12H,4,11H2,2H3. The largest absolute Gasteiger partial charge is 0.308 e. The molecule has 0 N–H and O–H groups in total. The molecule has 2 heterocycles. The van der Waals surface area contributed by atoms with Gasteiger partial charge in [-0.25, -0.2) is 4.98 Å². The Morgan fingerprint density at radius 3 is 2.85 bits per heavy atom. The van der Waals surface area contributed by atoms with Gasteiger partial charge in [-0.2, -0.15) is 4.99 Å². The lowest BCUT2D eigenvalue weighted by molar-refractivity contribution is 0.0997. The van der Waals surface area contributed by atoms with Crippen LogP contribution in [0.3, 0.4) is 0 Å². The van der Waals surface area contributed by atoms with Gasteiger partial charge in [0.2, 0.25) is 0 Å². The topological polar surface area (TPSA) is 47.2 Å². The van der Waals surface area contributed by atoms with Crippen LogP contribution >= 0.6 is 22.7 Å². The number of aryl methyl sites for hydroxylation is 1. The summed E-state index contributed by atoms with van der Waals surface area (Å²) in [6.07, 6.45) is 6.48. The van der Waals surface area contributed by atoms with E-state index in [4.69, 9.17) is 6.42 Å². The molecule has 2 aromatic heterocycles. The molecule has 0 aliphatic rings. The van der Waals surface area contributed by atoms with E-state index in [0.717, 1.165) is 26.9 Å². The average molecular weight is 377 g/mol. The number of benzene rings is 2. The van der Waals surface area contributed by atoms with Crippen LogP contribution in [0.15, 0.2) is 47.5 Å². The maximum Gasteiger partial charge on any atom is 0.308 e. The Kier molecular flexibility index (Phi) is 4.41. The molecule has 0 unspecified atom stereocenters. The molecule has 2 aromatic carbocycles. The minimum Gasteiger partial charge on any atom is -0.305 e. The summed E-state index contributed by atoms with van der Waals surface area (Å²) in [5.41, 5.74) is 3.06. The van der Waals surface area contributed by atoms with Crippen LogP contribution < -0.4 is 4.80 Å². The molecular weight excluding hydrogens is 362 g/mol. The first kappa shape index (κ1) is 16.7. The van der Waals surface area contributed by atoms with E-state index in [1.54, 1.807) is 0 Å². The maximum atomic E-state index is 12.7. The van der Waals surface area contributed by atoms with Crippen molar-refractivity contribution in [3.8, 4) is 12.3 Å². The molecule has 0 atom stereocenters. The molecule has 6 heteroatoms. The summed E-state index contributed by atoms with van der Waals surface area (Å²) in [6.45, 7) is 2.49. The number of aromatic nitrogens is 2. The van der Waals surface area contributed by atoms with Gasteiger partial charge in [-0.15, -0.1) is 17.8 Å². The van der Waals surface area contributed by atoms with E-state index in [2.05, 4.69) is 35.0 Å². The Morgan fingerprint density at radius 1 is 1.23 bits per heavy atom. The van der Waals surface area contributed by atoms with Gasteiger partial charge in [0.15, 0.2) is 9.81 Å². The number of amides is 1. The third kappa shape index (κ3) is 2.96. The zero-order chi connectivity index (χ0) is 18.1. The lowest BCUT2D eigenvalue weighted by Crippen LogP contribution is -2.16. The van der Waals surface area contributed by atoms with Crippen LogP contribution in [0.2, 0.25) is 0 Å². The van der Waals surface area contributed by atoms with E-state index in [-0.39, 0.29) is 5.91 Å². The van der Waals surface area contributed by atoms with Crippen LogP contribution in [-0.2, 0) is 13.0 Å². The predicted molar refractivity (Wildman–Crippen MR) is 108 cm³/mol. The summed E-state index contributed by atoms with van der Waals surface area (Å²) in [4.78, 5) is 22.0. The number of terminal acetylenes is 1. The number of fused-ring (bicyclic) bond motifs is 2. The van der Waals surface area contributed by atoms with Crippen molar-refractivity contribution in [2.75, 3.05) is 0 Å². The summed E-state index contributed by atoms with van der Waals surface area (Å²) in [7, 11) is 0. The Morgan fingerprint density at radius 2 is 2.08 bits per heavy atom. The SMILES string of the molecule is C#CCn1c(=NC(=O)c2nc3ccccc3s2)sc2cc(CC)ccc21. The molecule has 0 fully saturated rings. The van der Waals surface area contributed by atoms with Crippen molar-refractivity contribution in [3.05, 3.63) is 57.8 Å². The van der Waals surface area contributed by atoms with Crippen LogP contribution in [0.5, 0.6) is 0 Å². The predicted octanol–water partition coefficient (Wildman–Crippen LogP) is 4.25. The second-order valence-electron chi connectivity index (χ2n) is 5.73. The van der Waals surface area contributed by atoms with E-state index in [1.807, 2.05) is 34.9 Å². The first-order valence-corrected chi connectivity index (χ1v) is 9.83. The monoisotopic (exact) mass is 377 g/mol. The Balaban J connectivity index is 1.84. The van der Waals surface area contributed by atoms with Gasteiger partial charge in [0, 0.05) is 0 Å². The molecule has 0 aliphatic carbocycles. The van der Waals surface area contributed by atoms with Gasteiger partial charge >= 0.3 is 5.91 Å². The zero-order valence-electron chi connectivity index (χ0n) is 14.1. The fraction of sp³-hybridized carbons (Fsp3) is 0.150. The third-order valence-corrected chi connectivity index (χ3v) is 6.14. The number of hydrogen-bond donors (Lipinski definition) is 0. The van der Waals surface area contributed by atoms with Crippen LogP contribution in [0.25, 0.3) is 20.4 Å². The summed E-state index contributed by atoms with van der Waals surface area (Å²) >= 11 is 2.84. The highest BCUT2D eigenvalue weighted by atomic mass is 32.1. The van der Waals surface area contributed by atoms with E-state index in [9.17, 15) is 4.79 Å². The maximum absolute atomic E-state index is 12.7. The summed E-state index contributed by atoms with van der Waals surface area (Å²) < 4.78 is 3.96. The van der Waals surface area contributed by atoms with Gasteiger partial charge in [0.1, 0.15) is 0 Å². The number of hydrogen-bond acceptors (Lipinski definition) is 4. The number of carbonyl (C=O) groups excluding carboxylic acids is 1. The molecule has 0 aliphatic heterocycles. The highest BCUT2D eigenvalue weighted by Gasteiger charge is 2.13. The second-order valence-corrected chi connectivity index (χ2v) is 7.77. The van der Waals surface area contributed by atoms with Gasteiger partial charge in [-0.05, 0) is 36.2 Å². The number of para-hydroxylation sites is 1. The zero-order valence-corrected chi connectivity index (χ0v) is 15.7. The van der Waals surface area contributed by atoms with Crippen LogP contribution in [-0.4, -0.2) is 15.5 Å². The molecule has 0 spiro atoms. The molecule has 128 valence electrons. The quantitative estimate of drug-likeness (QED) is 0.501. The van der Waals surface area contributed by atoms with Crippen molar-refractivity contribution >= 4 is 49.0 Å². The van der Waals surface area contributed by atoms with E-state index < -0.39 is 0 Å². The van der Waals surface area contributed by atoms with Gasteiger partial charge in [-0.3, -0.25) is 4.79 Å². The number of carbonyl (C=O) groups is 1. The smallest absolute Gasteiger partial charge is 0.305 e. The van der Waals surface area contributed by atoms with Crippen LogP contribution in [0.4, 0.5) is 0 Å². The van der Waals surface area contributed by atoms with Gasteiger partial charge in [0.25, 0.3) is 0 Å². The molecule has 1 amide bonds. The lowest BCUT2D eigenvalue weighted by atomic mass is 10.2. The molecule has 0 bridgehead atoms. The average Bonchev–Trinajstić information content (AvgIpc) is 3.23. The molecule has 4 aromatic rings. The van der Waals surface area contributed by atoms with Crippen molar-refractivity contribution in [2.24, 2.45) is 4.99 Å². The van der Waals surface area contributed by atoms with E-state index in [0.29, 0.717) is 16.4 Å². The highest BCUT2D eigenvalue weighted by Crippen LogP contribution is 2.23. The number of nitrogens with zero attached hydrogens (tertiary/aromatic N) is 3. The lowest BCUT2D eigenvalue weighted by Gasteiger charge is -2.00. The normalized spacial score (nSPS) is 11.9. The highest BCUT2D eigenvalue weighted by molar-refractivity contribution is 7.20. The van der Waals surface area contributed by atoms with Crippen LogP contribution in [0, 0.1) is 12.3 Å². The fourth-order valence-electron chi connectivity index (χ4n) is 2.77. The van der Waals surface area contributed by atoms with Gasteiger partial charge in [-0.1, -0.05) is 42.4 Å². The molecule has 0 saturated heterocycles. The van der Waals surface area contributed by atoms with E-state index >= 15 is 0 Å². The first-order chi connectivity index (χ1) is 12.7. The van der Waals surface area contributed by atoms with Crippen molar-refractivity contribution < 1.29 is 4.79 Å². The minimum atomic E-state index is -0.334. The van der Waals surface area contributed by atoms with E-state index in [1.165, 1.54) is 28.2 Å². The molecule has 0 saturated carbocycles. The molecule has 0 radical (unpaired) electrons. The Labute approximate surface area is 158 Å².